The Balaban J connectivity index is 1.73. The molecule has 2 aromatic heterocycles. The highest BCUT2D eigenvalue weighted by molar-refractivity contribution is 6.33. The van der Waals surface area contributed by atoms with E-state index in [2.05, 4.69) is 25.8 Å². The summed E-state index contributed by atoms with van der Waals surface area (Å²) in [5.74, 6) is 0.214. The molecule has 2 N–H and O–H groups in total. The van der Waals surface area contributed by atoms with Crippen LogP contribution in [0.15, 0.2) is 41.2 Å². The van der Waals surface area contributed by atoms with Crippen molar-refractivity contribution in [2.24, 2.45) is 0 Å². The second-order valence-corrected chi connectivity index (χ2v) is 5.80. The number of aromatic nitrogens is 3. The summed E-state index contributed by atoms with van der Waals surface area (Å²) in [6, 6.07) is 4.37. The summed E-state index contributed by atoms with van der Waals surface area (Å²) >= 11 is 5.90. The zero-order valence-corrected chi connectivity index (χ0v) is 14.4. The lowest BCUT2D eigenvalue weighted by molar-refractivity contribution is -0.137. The number of carbonyl (C=O) groups is 1. The molecule has 0 atom stereocenters. The van der Waals surface area contributed by atoms with Crippen LogP contribution in [0.4, 0.5) is 30.6 Å². The molecule has 3 rings (SSSR count). The first-order chi connectivity index (χ1) is 12.7. The molecule has 140 valence electrons. The molecular weight excluding hydrogens is 387 g/mol. The Labute approximate surface area is 155 Å². The highest BCUT2D eigenvalue weighted by Crippen LogP contribution is 2.34. The van der Waals surface area contributed by atoms with Gasteiger partial charge in [-0.15, -0.1) is 0 Å². The second-order valence-electron chi connectivity index (χ2n) is 5.39. The van der Waals surface area contributed by atoms with Crippen molar-refractivity contribution in [3.05, 3.63) is 58.6 Å². The molecule has 1 amide bonds. The smallest absolute Gasteiger partial charge is 0.360 e. The molecule has 0 aliphatic carbocycles. The van der Waals surface area contributed by atoms with Gasteiger partial charge in [0.2, 0.25) is 5.95 Å². The lowest BCUT2D eigenvalue weighted by atomic mass is 10.2. The van der Waals surface area contributed by atoms with Crippen LogP contribution in [-0.2, 0) is 6.18 Å². The third kappa shape index (κ3) is 4.53. The number of hydrogen-bond donors (Lipinski definition) is 2. The molecule has 0 saturated heterocycles. The third-order valence-corrected chi connectivity index (χ3v) is 3.65. The van der Waals surface area contributed by atoms with Gasteiger partial charge in [-0.05, 0) is 25.1 Å². The van der Waals surface area contributed by atoms with Crippen molar-refractivity contribution in [2.45, 2.75) is 13.1 Å². The fourth-order valence-corrected chi connectivity index (χ4v) is 2.21. The maximum atomic E-state index is 12.8. The van der Waals surface area contributed by atoms with Gasteiger partial charge in [0, 0.05) is 18.5 Å². The van der Waals surface area contributed by atoms with E-state index in [1.165, 1.54) is 18.5 Å². The first-order valence-corrected chi connectivity index (χ1v) is 7.80. The van der Waals surface area contributed by atoms with E-state index < -0.39 is 17.6 Å². The van der Waals surface area contributed by atoms with Gasteiger partial charge in [0.05, 0.1) is 21.8 Å². The molecule has 0 aliphatic rings. The summed E-state index contributed by atoms with van der Waals surface area (Å²) in [4.78, 5) is 19.9. The summed E-state index contributed by atoms with van der Waals surface area (Å²) in [6.07, 6.45) is -2.10. The number of amides is 1. The number of carbonyl (C=O) groups excluding carboxylic acids is 1. The maximum absolute atomic E-state index is 12.8. The minimum Gasteiger partial charge on any atom is -0.360 e. The molecule has 0 radical (unpaired) electrons. The molecular formula is C16H11ClF3N5O2. The highest BCUT2D eigenvalue weighted by Gasteiger charge is 2.31. The van der Waals surface area contributed by atoms with Crippen LogP contribution in [0.1, 0.15) is 21.7 Å². The molecule has 3 aromatic rings. The van der Waals surface area contributed by atoms with Gasteiger partial charge >= 0.3 is 6.18 Å². The van der Waals surface area contributed by atoms with Crippen molar-refractivity contribution in [3.63, 3.8) is 0 Å². The second kappa shape index (κ2) is 7.23. The van der Waals surface area contributed by atoms with Gasteiger partial charge in [0.1, 0.15) is 5.76 Å². The van der Waals surface area contributed by atoms with Crippen LogP contribution >= 0.6 is 11.6 Å². The van der Waals surface area contributed by atoms with Crippen molar-refractivity contribution in [2.75, 3.05) is 10.6 Å². The van der Waals surface area contributed by atoms with E-state index >= 15 is 0 Å². The van der Waals surface area contributed by atoms with Crippen LogP contribution in [0, 0.1) is 6.92 Å². The van der Waals surface area contributed by atoms with Crippen LogP contribution in [0.5, 0.6) is 0 Å². The van der Waals surface area contributed by atoms with Gasteiger partial charge in [-0.3, -0.25) is 4.79 Å². The van der Waals surface area contributed by atoms with E-state index in [9.17, 15) is 18.0 Å². The number of anilines is 3. The van der Waals surface area contributed by atoms with Crippen molar-refractivity contribution in [1.29, 1.82) is 0 Å². The normalized spacial score (nSPS) is 11.3. The minimum atomic E-state index is -4.51. The van der Waals surface area contributed by atoms with Crippen molar-refractivity contribution < 1.29 is 22.5 Å². The number of alkyl halides is 3. The average Bonchev–Trinajstić information content (AvgIpc) is 3.01. The summed E-state index contributed by atoms with van der Waals surface area (Å²) in [7, 11) is 0. The topological polar surface area (TPSA) is 92.9 Å². The van der Waals surface area contributed by atoms with Crippen LogP contribution < -0.4 is 10.6 Å². The Morgan fingerprint density at radius 1 is 1.19 bits per heavy atom. The molecule has 2 heterocycles. The fraction of sp³-hybridized carbons (Fsp3) is 0.125. The number of nitrogens with one attached hydrogen (secondary N) is 2. The van der Waals surface area contributed by atoms with Crippen molar-refractivity contribution >= 4 is 35.0 Å². The Morgan fingerprint density at radius 3 is 2.48 bits per heavy atom. The van der Waals surface area contributed by atoms with E-state index in [-0.39, 0.29) is 28.0 Å². The zero-order chi connectivity index (χ0) is 19.6. The largest absolute Gasteiger partial charge is 0.416 e. The molecule has 27 heavy (non-hydrogen) atoms. The van der Waals surface area contributed by atoms with Crippen LogP contribution in [0.25, 0.3) is 0 Å². The SMILES string of the molecule is Cc1cc(NC(=O)c2cnc(Nc3cc(C(F)(F)F)ccc3Cl)nc2)no1. The molecule has 0 bridgehead atoms. The van der Waals surface area contributed by atoms with Crippen molar-refractivity contribution in [3.8, 4) is 0 Å². The number of benzene rings is 1. The lowest BCUT2D eigenvalue weighted by Gasteiger charge is -2.11. The highest BCUT2D eigenvalue weighted by atomic mass is 35.5. The van der Waals surface area contributed by atoms with Crippen molar-refractivity contribution in [1.82, 2.24) is 15.1 Å². The summed E-state index contributed by atoms with van der Waals surface area (Å²) in [5.41, 5.74) is -0.758. The lowest BCUT2D eigenvalue weighted by Crippen LogP contribution is -2.13. The fourth-order valence-electron chi connectivity index (χ4n) is 2.04. The first kappa shape index (κ1) is 18.6. The Hall–Kier alpha value is -3.14. The van der Waals surface area contributed by atoms with E-state index in [4.69, 9.17) is 16.1 Å². The summed E-state index contributed by atoms with van der Waals surface area (Å²) < 4.78 is 43.2. The van der Waals surface area contributed by atoms with E-state index in [0.29, 0.717) is 5.76 Å². The predicted octanol–water partition coefficient (Wildman–Crippen LogP) is 4.44. The van der Waals surface area contributed by atoms with Gasteiger partial charge in [-0.2, -0.15) is 13.2 Å². The van der Waals surface area contributed by atoms with E-state index in [0.717, 1.165) is 18.2 Å². The molecule has 0 aliphatic heterocycles. The Kier molecular flexibility index (Phi) is 5.00. The standard InChI is InChI=1S/C16H11ClF3N5O2/c1-8-4-13(25-27-8)24-14(26)9-6-21-15(22-7-9)23-12-5-10(16(18,19)20)2-3-11(12)17/h2-7H,1H3,(H,21,22,23)(H,24,25,26). The molecule has 1 aromatic carbocycles. The molecule has 0 fully saturated rings. The maximum Gasteiger partial charge on any atom is 0.416 e. The van der Waals surface area contributed by atoms with E-state index in [1.54, 1.807) is 6.92 Å². The molecule has 7 nitrogen and oxygen atoms in total. The Morgan fingerprint density at radius 2 is 1.89 bits per heavy atom. The first-order valence-electron chi connectivity index (χ1n) is 7.43. The van der Waals surface area contributed by atoms with Gasteiger partial charge in [-0.25, -0.2) is 9.97 Å². The van der Waals surface area contributed by atoms with Gasteiger partial charge in [0.25, 0.3) is 5.91 Å². The quantitative estimate of drug-likeness (QED) is 0.676. The monoisotopic (exact) mass is 397 g/mol. The number of aryl methyl sites for hydroxylation is 1. The molecule has 0 unspecified atom stereocenters. The molecule has 0 spiro atoms. The zero-order valence-electron chi connectivity index (χ0n) is 13.6. The van der Waals surface area contributed by atoms with Crippen LogP contribution in [0.3, 0.4) is 0 Å². The number of nitrogens with zero attached hydrogens (tertiary/aromatic N) is 3. The Bertz CT molecular complexity index is 973. The van der Waals surface area contributed by atoms with Crippen LogP contribution in [-0.4, -0.2) is 21.0 Å². The number of hydrogen-bond acceptors (Lipinski definition) is 6. The van der Waals surface area contributed by atoms with E-state index in [1.807, 2.05) is 0 Å². The van der Waals surface area contributed by atoms with Crippen LogP contribution in [0.2, 0.25) is 5.02 Å². The molecule has 11 heteroatoms. The number of rotatable bonds is 4. The third-order valence-electron chi connectivity index (χ3n) is 3.32. The number of halogens is 4. The van der Waals surface area contributed by atoms with Gasteiger partial charge < -0.3 is 15.2 Å². The predicted molar refractivity (Wildman–Crippen MR) is 91.0 cm³/mol. The minimum absolute atomic E-state index is 0.0123. The summed E-state index contributed by atoms with van der Waals surface area (Å²) in [5, 5.41) is 8.77. The summed E-state index contributed by atoms with van der Waals surface area (Å²) in [6.45, 7) is 1.67. The van der Waals surface area contributed by atoms with Gasteiger partial charge in [-0.1, -0.05) is 16.8 Å². The molecule has 0 saturated carbocycles. The average molecular weight is 398 g/mol. The van der Waals surface area contributed by atoms with Gasteiger partial charge in [0.15, 0.2) is 5.82 Å².